The first-order valence-electron chi connectivity index (χ1n) is 6.70. The van der Waals surface area contributed by atoms with E-state index in [1.165, 1.54) is 0 Å². The third-order valence-electron chi connectivity index (χ3n) is 3.75. The van der Waals surface area contributed by atoms with Gasteiger partial charge in [-0.15, -0.1) is 0 Å². The summed E-state index contributed by atoms with van der Waals surface area (Å²) in [7, 11) is 1.57. The summed E-state index contributed by atoms with van der Waals surface area (Å²) in [5.74, 6) is 0.569. The lowest BCUT2D eigenvalue weighted by Gasteiger charge is -2.06. The third-order valence-corrected chi connectivity index (χ3v) is 3.75. The number of benzene rings is 3. The van der Waals surface area contributed by atoms with Gasteiger partial charge in [0.2, 0.25) is 5.43 Å². The van der Waals surface area contributed by atoms with Crippen LogP contribution >= 0.6 is 0 Å². The SMILES string of the molecule is COc1cccc2c(=O)c3cc4ccccc4cc3oc12. The van der Waals surface area contributed by atoms with Crippen molar-refractivity contribution in [3.63, 3.8) is 0 Å². The summed E-state index contributed by atoms with van der Waals surface area (Å²) in [6, 6.07) is 17.0. The van der Waals surface area contributed by atoms with Crippen molar-refractivity contribution >= 4 is 32.7 Å². The van der Waals surface area contributed by atoms with Crippen LogP contribution in [-0.4, -0.2) is 7.11 Å². The molecule has 4 rings (SSSR count). The van der Waals surface area contributed by atoms with Gasteiger partial charge in [-0.25, -0.2) is 0 Å². The molecule has 0 N–H and O–H groups in total. The summed E-state index contributed by atoms with van der Waals surface area (Å²) in [4.78, 5) is 12.7. The highest BCUT2D eigenvalue weighted by Gasteiger charge is 2.12. The molecule has 0 bridgehead atoms. The van der Waals surface area contributed by atoms with E-state index in [1.807, 2.05) is 36.4 Å². The fourth-order valence-electron chi connectivity index (χ4n) is 2.70. The lowest BCUT2D eigenvalue weighted by atomic mass is 10.1. The third kappa shape index (κ3) is 1.71. The average Bonchev–Trinajstić information content (AvgIpc) is 2.53. The minimum Gasteiger partial charge on any atom is -0.493 e. The Morgan fingerprint density at radius 1 is 0.905 bits per heavy atom. The number of ether oxygens (including phenoxy) is 1. The molecule has 102 valence electrons. The molecule has 0 fully saturated rings. The van der Waals surface area contributed by atoms with Crippen LogP contribution in [0.15, 0.2) is 63.8 Å². The molecule has 1 heterocycles. The van der Waals surface area contributed by atoms with Gasteiger partial charge in [0.15, 0.2) is 11.3 Å². The predicted octanol–water partition coefficient (Wildman–Crippen LogP) is 4.11. The van der Waals surface area contributed by atoms with Crippen molar-refractivity contribution < 1.29 is 9.15 Å². The number of methoxy groups -OCH3 is 1. The smallest absolute Gasteiger partial charge is 0.200 e. The van der Waals surface area contributed by atoms with Crippen molar-refractivity contribution in [1.82, 2.24) is 0 Å². The van der Waals surface area contributed by atoms with Gasteiger partial charge in [-0.1, -0.05) is 30.3 Å². The fraction of sp³-hybridized carbons (Fsp3) is 0.0556. The number of para-hydroxylation sites is 1. The van der Waals surface area contributed by atoms with E-state index in [2.05, 4.69) is 0 Å². The van der Waals surface area contributed by atoms with Crippen LogP contribution in [-0.2, 0) is 0 Å². The Kier molecular flexibility index (Phi) is 2.48. The number of rotatable bonds is 1. The summed E-state index contributed by atoms with van der Waals surface area (Å²) in [5, 5.41) is 3.20. The molecule has 0 saturated heterocycles. The van der Waals surface area contributed by atoms with Gasteiger partial charge in [0.1, 0.15) is 5.58 Å². The van der Waals surface area contributed by atoms with Gasteiger partial charge in [-0.3, -0.25) is 4.79 Å². The van der Waals surface area contributed by atoms with E-state index >= 15 is 0 Å². The van der Waals surface area contributed by atoms with Gasteiger partial charge in [0.25, 0.3) is 0 Å². The Hall–Kier alpha value is -2.81. The van der Waals surface area contributed by atoms with Crippen molar-refractivity contribution in [3.8, 4) is 5.75 Å². The second-order valence-corrected chi connectivity index (χ2v) is 4.96. The highest BCUT2D eigenvalue weighted by atomic mass is 16.5. The lowest BCUT2D eigenvalue weighted by Crippen LogP contribution is -2.02. The molecule has 0 unspecified atom stereocenters. The quantitative estimate of drug-likeness (QED) is 0.491. The molecule has 1 aromatic heterocycles. The molecule has 0 radical (unpaired) electrons. The van der Waals surface area contributed by atoms with Crippen molar-refractivity contribution in [3.05, 3.63) is 64.8 Å². The summed E-state index contributed by atoms with van der Waals surface area (Å²) >= 11 is 0. The molecule has 3 aromatic carbocycles. The standard InChI is InChI=1S/C18H12O3/c1-20-15-8-4-7-13-17(19)14-9-11-5-2-3-6-12(11)10-16(14)21-18(13)15/h2-10H,1H3. The fourth-order valence-corrected chi connectivity index (χ4v) is 2.70. The minimum absolute atomic E-state index is 0.0316. The van der Waals surface area contributed by atoms with Crippen LogP contribution in [0, 0.1) is 0 Å². The molecule has 0 aliphatic carbocycles. The predicted molar refractivity (Wildman–Crippen MR) is 84.0 cm³/mol. The maximum absolute atomic E-state index is 12.7. The number of fused-ring (bicyclic) bond motifs is 3. The summed E-state index contributed by atoms with van der Waals surface area (Å²) < 4.78 is 11.2. The maximum Gasteiger partial charge on any atom is 0.200 e. The number of hydrogen-bond donors (Lipinski definition) is 0. The molecular formula is C18H12O3. The first-order chi connectivity index (χ1) is 10.3. The van der Waals surface area contributed by atoms with Crippen LogP contribution in [0.2, 0.25) is 0 Å². The first-order valence-corrected chi connectivity index (χ1v) is 6.70. The molecule has 4 aromatic rings. The topological polar surface area (TPSA) is 39.4 Å². The second-order valence-electron chi connectivity index (χ2n) is 4.96. The summed E-state index contributed by atoms with van der Waals surface area (Å²) in [5.41, 5.74) is 1.04. The van der Waals surface area contributed by atoms with Gasteiger partial charge in [0.05, 0.1) is 17.9 Å². The van der Waals surface area contributed by atoms with Gasteiger partial charge in [0, 0.05) is 0 Å². The van der Waals surface area contributed by atoms with Crippen molar-refractivity contribution in [2.24, 2.45) is 0 Å². The van der Waals surface area contributed by atoms with Gasteiger partial charge in [-0.05, 0) is 35.0 Å². The largest absolute Gasteiger partial charge is 0.493 e. The zero-order chi connectivity index (χ0) is 14.4. The summed E-state index contributed by atoms with van der Waals surface area (Å²) in [6.07, 6.45) is 0. The van der Waals surface area contributed by atoms with Crippen LogP contribution in [0.3, 0.4) is 0 Å². The Morgan fingerprint density at radius 3 is 2.43 bits per heavy atom. The maximum atomic E-state index is 12.7. The highest BCUT2D eigenvalue weighted by molar-refractivity contribution is 6.00. The van der Waals surface area contributed by atoms with Crippen molar-refractivity contribution in [1.29, 1.82) is 0 Å². The molecular weight excluding hydrogens is 264 g/mol. The Bertz CT molecular complexity index is 1040. The lowest BCUT2D eigenvalue weighted by molar-refractivity contribution is 0.411. The van der Waals surface area contributed by atoms with Crippen LogP contribution in [0.5, 0.6) is 5.75 Å². The Labute approximate surface area is 120 Å². The van der Waals surface area contributed by atoms with E-state index in [-0.39, 0.29) is 5.43 Å². The number of hydrogen-bond acceptors (Lipinski definition) is 3. The molecule has 3 heteroatoms. The molecule has 0 spiro atoms. The van der Waals surface area contributed by atoms with Gasteiger partial charge < -0.3 is 9.15 Å². The average molecular weight is 276 g/mol. The van der Waals surface area contributed by atoms with E-state index in [4.69, 9.17) is 9.15 Å². The zero-order valence-corrected chi connectivity index (χ0v) is 11.4. The van der Waals surface area contributed by atoms with E-state index in [9.17, 15) is 4.79 Å². The van der Waals surface area contributed by atoms with Crippen LogP contribution in [0.4, 0.5) is 0 Å². The van der Waals surface area contributed by atoms with E-state index in [0.717, 1.165) is 10.8 Å². The molecule has 0 saturated carbocycles. The van der Waals surface area contributed by atoms with E-state index in [0.29, 0.717) is 27.7 Å². The summed E-state index contributed by atoms with van der Waals surface area (Å²) in [6.45, 7) is 0. The van der Waals surface area contributed by atoms with Crippen LogP contribution in [0.1, 0.15) is 0 Å². The van der Waals surface area contributed by atoms with Crippen molar-refractivity contribution in [2.45, 2.75) is 0 Å². The monoisotopic (exact) mass is 276 g/mol. The van der Waals surface area contributed by atoms with Crippen LogP contribution in [0.25, 0.3) is 32.7 Å². The zero-order valence-electron chi connectivity index (χ0n) is 11.4. The van der Waals surface area contributed by atoms with Gasteiger partial charge in [-0.2, -0.15) is 0 Å². The first kappa shape index (κ1) is 12.0. The van der Waals surface area contributed by atoms with Gasteiger partial charge >= 0.3 is 0 Å². The van der Waals surface area contributed by atoms with Crippen molar-refractivity contribution in [2.75, 3.05) is 7.11 Å². The highest BCUT2D eigenvalue weighted by Crippen LogP contribution is 2.28. The molecule has 0 aliphatic rings. The minimum atomic E-state index is -0.0316. The molecule has 0 amide bonds. The Balaban J connectivity index is 2.25. The second kappa shape index (κ2) is 4.35. The Morgan fingerprint density at radius 2 is 1.67 bits per heavy atom. The van der Waals surface area contributed by atoms with E-state index in [1.54, 1.807) is 25.3 Å². The van der Waals surface area contributed by atoms with Crippen LogP contribution < -0.4 is 10.2 Å². The normalized spacial score (nSPS) is 11.3. The molecule has 3 nitrogen and oxygen atoms in total. The molecule has 0 aliphatic heterocycles. The van der Waals surface area contributed by atoms with E-state index < -0.39 is 0 Å². The molecule has 0 atom stereocenters. The molecule has 21 heavy (non-hydrogen) atoms.